The van der Waals surface area contributed by atoms with E-state index in [2.05, 4.69) is 32.3 Å². The number of fused-ring (bicyclic) bond motifs is 1. The maximum absolute atomic E-state index is 12.8. The molecule has 10 heteroatoms. The number of hydrogen-bond acceptors (Lipinski definition) is 6. The van der Waals surface area contributed by atoms with Gasteiger partial charge < -0.3 is 15.1 Å². The smallest absolute Gasteiger partial charge is 0.280 e. The minimum atomic E-state index is -0.361. The van der Waals surface area contributed by atoms with E-state index in [4.69, 9.17) is 5.53 Å². The maximum Gasteiger partial charge on any atom is 0.280 e. The molecule has 1 aliphatic heterocycles. The molecule has 1 aromatic rings. The first kappa shape index (κ1) is 19.6. The Morgan fingerprint density at radius 3 is 2.89 bits per heavy atom. The average molecular weight is 392 g/mol. The molecule has 27 heavy (non-hydrogen) atoms. The van der Waals surface area contributed by atoms with Crippen molar-refractivity contribution in [1.82, 2.24) is 20.1 Å². The lowest BCUT2D eigenvalue weighted by atomic mass is 9.82. The number of amides is 2. The van der Waals surface area contributed by atoms with Crippen LogP contribution in [0.4, 0.5) is 0 Å². The molecule has 0 spiro atoms. The summed E-state index contributed by atoms with van der Waals surface area (Å²) < 4.78 is 0. The van der Waals surface area contributed by atoms with Crippen molar-refractivity contribution in [2.75, 3.05) is 27.7 Å². The summed E-state index contributed by atoms with van der Waals surface area (Å²) in [5.41, 5.74) is 9.84. The largest absolute Gasteiger partial charge is 0.349 e. The molecule has 0 bridgehead atoms. The van der Waals surface area contributed by atoms with Gasteiger partial charge in [0.25, 0.3) is 5.91 Å². The first-order chi connectivity index (χ1) is 12.9. The fraction of sp³-hybridized carbons (Fsp3) is 0.706. The molecule has 1 N–H and O–H groups in total. The van der Waals surface area contributed by atoms with Gasteiger partial charge >= 0.3 is 0 Å². The van der Waals surface area contributed by atoms with Crippen molar-refractivity contribution in [2.24, 2.45) is 11.0 Å². The van der Waals surface area contributed by atoms with Gasteiger partial charge in [-0.25, -0.2) is 4.98 Å². The summed E-state index contributed by atoms with van der Waals surface area (Å²) >= 11 is 1.42. The van der Waals surface area contributed by atoms with Crippen LogP contribution in [0.3, 0.4) is 0 Å². The Hall–Kier alpha value is -2.16. The molecule has 0 unspecified atom stereocenters. The molecule has 1 fully saturated rings. The summed E-state index contributed by atoms with van der Waals surface area (Å²) in [7, 11) is 5.51. The quantitative estimate of drug-likeness (QED) is 0.479. The number of carbonyl (C=O) groups excluding carboxylic acids is 2. The third kappa shape index (κ3) is 4.40. The second-order valence-electron chi connectivity index (χ2n) is 7.47. The van der Waals surface area contributed by atoms with Gasteiger partial charge in [0.15, 0.2) is 5.01 Å². The molecule has 1 saturated carbocycles. The Morgan fingerprint density at radius 2 is 2.19 bits per heavy atom. The summed E-state index contributed by atoms with van der Waals surface area (Å²) in [5.74, 6) is -0.381. The second kappa shape index (κ2) is 8.24. The van der Waals surface area contributed by atoms with E-state index in [0.717, 1.165) is 30.1 Å². The number of nitrogens with one attached hydrogen (secondary N) is 1. The fourth-order valence-corrected chi connectivity index (χ4v) is 4.85. The molecule has 3 rings (SSSR count). The van der Waals surface area contributed by atoms with Crippen LogP contribution in [-0.4, -0.2) is 66.4 Å². The summed E-state index contributed by atoms with van der Waals surface area (Å²) in [6, 6.07) is -0.703. The molecular weight excluding hydrogens is 366 g/mol. The Kier molecular flexibility index (Phi) is 5.98. The van der Waals surface area contributed by atoms with Gasteiger partial charge in [-0.2, -0.15) is 0 Å². The molecule has 2 aliphatic rings. The fourth-order valence-electron chi connectivity index (χ4n) is 3.75. The Labute approximate surface area is 162 Å². The lowest BCUT2D eigenvalue weighted by Crippen LogP contribution is -2.48. The number of azide groups is 1. The molecular formula is C17H25N7O2S. The van der Waals surface area contributed by atoms with Crippen LogP contribution in [-0.2, 0) is 17.8 Å². The molecule has 9 nitrogen and oxygen atoms in total. The lowest BCUT2D eigenvalue weighted by molar-refractivity contribution is -0.134. The highest BCUT2D eigenvalue weighted by molar-refractivity contribution is 7.13. The van der Waals surface area contributed by atoms with E-state index < -0.39 is 0 Å². The van der Waals surface area contributed by atoms with Crippen LogP contribution in [0.2, 0.25) is 0 Å². The molecule has 146 valence electrons. The Balaban J connectivity index is 1.73. The molecule has 1 aromatic heterocycles. The topological polar surface area (TPSA) is 114 Å². The highest BCUT2D eigenvalue weighted by atomic mass is 32.1. The van der Waals surface area contributed by atoms with E-state index in [1.807, 2.05) is 0 Å². The molecule has 0 aromatic carbocycles. The van der Waals surface area contributed by atoms with Crippen LogP contribution < -0.4 is 5.32 Å². The van der Waals surface area contributed by atoms with Crippen LogP contribution in [0.5, 0.6) is 0 Å². The van der Waals surface area contributed by atoms with E-state index in [1.165, 1.54) is 11.3 Å². The van der Waals surface area contributed by atoms with Crippen molar-refractivity contribution in [2.45, 2.75) is 44.3 Å². The monoisotopic (exact) mass is 391 g/mol. The first-order valence-corrected chi connectivity index (χ1v) is 9.94. The number of rotatable bonds is 4. The van der Waals surface area contributed by atoms with Gasteiger partial charge in [-0.15, -0.1) is 11.3 Å². The summed E-state index contributed by atoms with van der Waals surface area (Å²) in [5, 5.41) is 7.26. The van der Waals surface area contributed by atoms with E-state index in [0.29, 0.717) is 24.3 Å². The minimum Gasteiger partial charge on any atom is -0.349 e. The van der Waals surface area contributed by atoms with Crippen molar-refractivity contribution in [1.29, 1.82) is 0 Å². The summed E-state index contributed by atoms with van der Waals surface area (Å²) in [6.45, 7) is 1.75. The van der Waals surface area contributed by atoms with E-state index in [-0.39, 0.29) is 29.8 Å². The van der Waals surface area contributed by atoms with Crippen molar-refractivity contribution in [3.8, 4) is 0 Å². The van der Waals surface area contributed by atoms with Crippen LogP contribution in [0.25, 0.3) is 10.4 Å². The van der Waals surface area contributed by atoms with Gasteiger partial charge in [0.05, 0.1) is 11.7 Å². The highest BCUT2D eigenvalue weighted by Crippen LogP contribution is 2.29. The molecule has 2 amide bonds. The third-order valence-electron chi connectivity index (χ3n) is 5.24. The predicted molar refractivity (Wildman–Crippen MR) is 102 cm³/mol. The third-order valence-corrected chi connectivity index (χ3v) is 6.32. The van der Waals surface area contributed by atoms with E-state index in [9.17, 15) is 9.59 Å². The van der Waals surface area contributed by atoms with Gasteiger partial charge in [0.2, 0.25) is 5.91 Å². The lowest BCUT2D eigenvalue weighted by Gasteiger charge is -2.34. The van der Waals surface area contributed by atoms with Gasteiger partial charge in [0, 0.05) is 55.4 Å². The summed E-state index contributed by atoms with van der Waals surface area (Å²) in [4.78, 5) is 37.4. The van der Waals surface area contributed by atoms with Crippen molar-refractivity contribution < 1.29 is 9.59 Å². The average Bonchev–Trinajstić information content (AvgIpc) is 3.05. The van der Waals surface area contributed by atoms with Crippen LogP contribution >= 0.6 is 11.3 Å². The van der Waals surface area contributed by atoms with Crippen molar-refractivity contribution >= 4 is 23.2 Å². The first-order valence-electron chi connectivity index (χ1n) is 9.12. The van der Waals surface area contributed by atoms with E-state index in [1.54, 1.807) is 19.0 Å². The number of aromatic nitrogens is 1. The number of likely N-dealkylation sites (N-methyl/N-ethyl adjacent to an activating group) is 1. The Bertz CT molecular complexity index is 771. The number of nitrogens with zero attached hydrogens (tertiary/aromatic N) is 6. The standard InChI is InChI=1S/C17H25N7O2S/c1-23(2)17(26)10-4-5-11(21-22-18)13(8-10)19-15(25)16-20-12-6-7-24(3)9-14(12)27-16/h10-11,13H,4-9H2,1-3H3,(H,19,25)/t10-,11+,13+/m0/s1. The minimum absolute atomic E-state index is 0.0430. The van der Waals surface area contributed by atoms with Gasteiger partial charge in [-0.1, -0.05) is 5.11 Å². The number of thiazole rings is 1. The van der Waals surface area contributed by atoms with Gasteiger partial charge in [-0.05, 0) is 31.8 Å². The molecule has 2 heterocycles. The summed E-state index contributed by atoms with van der Waals surface area (Å²) in [6.07, 6.45) is 2.56. The van der Waals surface area contributed by atoms with Gasteiger partial charge in [0.1, 0.15) is 0 Å². The molecule has 0 radical (unpaired) electrons. The normalized spacial score (nSPS) is 25.2. The molecule has 1 aliphatic carbocycles. The van der Waals surface area contributed by atoms with Crippen LogP contribution in [0.15, 0.2) is 5.11 Å². The van der Waals surface area contributed by atoms with Crippen molar-refractivity contribution in [3.63, 3.8) is 0 Å². The van der Waals surface area contributed by atoms with Crippen molar-refractivity contribution in [3.05, 3.63) is 26.0 Å². The SMILES string of the molecule is CN1CCc2nc(C(=O)N[C@@H]3C[C@@H](C(=O)N(C)C)CC[C@H]3N=[N+]=[N-])sc2C1. The maximum atomic E-state index is 12.8. The second-order valence-corrected chi connectivity index (χ2v) is 8.56. The zero-order valence-electron chi connectivity index (χ0n) is 15.9. The number of hydrogen-bond donors (Lipinski definition) is 1. The zero-order chi connectivity index (χ0) is 19.6. The van der Waals surface area contributed by atoms with Crippen LogP contribution in [0, 0.1) is 5.92 Å². The molecule has 3 atom stereocenters. The zero-order valence-corrected chi connectivity index (χ0v) is 16.7. The van der Waals surface area contributed by atoms with Crippen LogP contribution in [0.1, 0.15) is 39.6 Å². The number of carbonyl (C=O) groups is 2. The van der Waals surface area contributed by atoms with E-state index >= 15 is 0 Å². The predicted octanol–water partition coefficient (Wildman–Crippen LogP) is 1.80. The highest BCUT2D eigenvalue weighted by Gasteiger charge is 2.35. The Morgan fingerprint density at radius 1 is 1.41 bits per heavy atom. The van der Waals surface area contributed by atoms with Gasteiger partial charge in [-0.3, -0.25) is 9.59 Å². The molecule has 0 saturated heterocycles.